The second kappa shape index (κ2) is 12.4. The van der Waals surface area contributed by atoms with Crippen molar-refractivity contribution in [3.05, 3.63) is 198 Å². The molecular weight excluding hydrogens is 641 g/mol. The molecule has 1 aromatic heterocycles. The number of para-hydroxylation sites is 1. The molecule has 0 spiro atoms. The van der Waals surface area contributed by atoms with E-state index in [4.69, 9.17) is 0 Å². The van der Waals surface area contributed by atoms with E-state index in [0.717, 1.165) is 24.2 Å². The van der Waals surface area contributed by atoms with Gasteiger partial charge in [0.1, 0.15) is 0 Å². The van der Waals surface area contributed by atoms with Crippen LogP contribution in [0, 0.1) is 0 Å². The fourth-order valence-corrected chi connectivity index (χ4v) is 8.79. The average Bonchev–Trinajstić information content (AvgIpc) is 3.67. The number of anilines is 3. The fraction of sp³-hybridized carbons (Fsp3) is 0.0980. The normalized spacial score (nSPS) is 13.8. The van der Waals surface area contributed by atoms with Crippen molar-refractivity contribution < 1.29 is 0 Å². The lowest BCUT2D eigenvalue weighted by atomic mass is 9.82. The third-order valence-electron chi connectivity index (χ3n) is 11.5. The van der Waals surface area contributed by atoms with E-state index in [2.05, 4.69) is 205 Å². The first-order valence-electron chi connectivity index (χ1n) is 18.7. The van der Waals surface area contributed by atoms with Crippen molar-refractivity contribution in [1.29, 1.82) is 0 Å². The lowest BCUT2D eigenvalue weighted by molar-refractivity contribution is 0.660. The quantitative estimate of drug-likeness (QED) is 0.170. The van der Waals surface area contributed by atoms with Crippen LogP contribution in [0.4, 0.5) is 17.1 Å². The monoisotopic (exact) mass is 680 g/mol. The Balaban J connectivity index is 1.02. The molecule has 0 atom stereocenters. The molecule has 0 radical (unpaired) electrons. The van der Waals surface area contributed by atoms with Gasteiger partial charge in [-0.05, 0) is 130 Å². The van der Waals surface area contributed by atoms with Crippen LogP contribution in [-0.4, -0.2) is 4.57 Å². The predicted octanol–water partition coefficient (Wildman–Crippen LogP) is 13.7. The molecule has 0 amide bonds. The summed E-state index contributed by atoms with van der Waals surface area (Å²) in [6.07, 6.45) is 6.75. The highest BCUT2D eigenvalue weighted by molar-refractivity contribution is 5.94. The van der Waals surface area contributed by atoms with Crippen LogP contribution < -0.4 is 4.90 Å². The maximum Gasteiger partial charge on any atom is 0.0538 e. The molecule has 0 bridgehead atoms. The van der Waals surface area contributed by atoms with Gasteiger partial charge in [0.05, 0.1) is 5.52 Å². The standard InChI is InChI=1S/C51H40N2/c1-51(2)47-19-11-9-17-43(47)44-31-30-42(34-48(44)51)52(39-15-7-4-8-16-39)40-26-23-37(24-27-40)38-25-32-50-46(33-38)45-18-10-12-20-49(45)53(50)41-28-21-36(22-29-41)35-13-5-3-6-14-35/h3-9,11-17,19-34H,10,18H2,1-2H3. The average molecular weight is 681 g/mol. The van der Waals surface area contributed by atoms with Crippen LogP contribution in [0.5, 0.6) is 0 Å². The van der Waals surface area contributed by atoms with Gasteiger partial charge in [-0.3, -0.25) is 0 Å². The van der Waals surface area contributed by atoms with Crippen molar-refractivity contribution in [3.63, 3.8) is 0 Å². The Labute approximate surface area is 311 Å². The summed E-state index contributed by atoms with van der Waals surface area (Å²) in [5.41, 5.74) is 19.0. The number of hydrogen-bond acceptors (Lipinski definition) is 1. The van der Waals surface area contributed by atoms with Gasteiger partial charge in [-0.2, -0.15) is 0 Å². The minimum Gasteiger partial charge on any atom is -0.310 e. The molecule has 0 fully saturated rings. The van der Waals surface area contributed by atoms with Gasteiger partial charge in [0.15, 0.2) is 0 Å². The second-order valence-electron chi connectivity index (χ2n) is 14.9. The third kappa shape index (κ3) is 5.17. The number of nitrogens with zero attached hydrogens (tertiary/aromatic N) is 2. The Kier molecular flexibility index (Phi) is 7.33. The van der Waals surface area contributed by atoms with Crippen LogP contribution in [0.15, 0.2) is 176 Å². The molecule has 0 aliphatic heterocycles. The number of hydrogen-bond donors (Lipinski definition) is 0. The summed E-state index contributed by atoms with van der Waals surface area (Å²) in [5, 5.41) is 1.34. The number of allylic oxidation sites excluding steroid dienone is 1. The molecule has 2 aliphatic rings. The van der Waals surface area contributed by atoms with Crippen molar-refractivity contribution in [2.24, 2.45) is 0 Å². The number of aromatic nitrogens is 1. The van der Waals surface area contributed by atoms with Crippen LogP contribution in [-0.2, 0) is 11.8 Å². The van der Waals surface area contributed by atoms with Gasteiger partial charge >= 0.3 is 0 Å². The molecule has 0 N–H and O–H groups in total. The maximum atomic E-state index is 2.44. The van der Waals surface area contributed by atoms with E-state index in [1.165, 1.54) is 78.0 Å². The van der Waals surface area contributed by atoms with Gasteiger partial charge in [0, 0.05) is 39.2 Å². The molecule has 254 valence electrons. The van der Waals surface area contributed by atoms with E-state index in [9.17, 15) is 0 Å². The first-order chi connectivity index (χ1) is 26.0. The van der Waals surface area contributed by atoms with E-state index >= 15 is 0 Å². The van der Waals surface area contributed by atoms with Gasteiger partial charge < -0.3 is 9.47 Å². The molecular formula is C51H40N2. The Bertz CT molecular complexity index is 2660. The van der Waals surface area contributed by atoms with E-state index in [1.807, 2.05) is 0 Å². The predicted molar refractivity (Wildman–Crippen MR) is 224 cm³/mol. The smallest absolute Gasteiger partial charge is 0.0538 e. The first kappa shape index (κ1) is 31.4. The molecule has 8 aromatic rings. The lowest BCUT2D eigenvalue weighted by Crippen LogP contribution is -2.16. The largest absolute Gasteiger partial charge is 0.310 e. The van der Waals surface area contributed by atoms with Crippen LogP contribution in [0.2, 0.25) is 0 Å². The summed E-state index contributed by atoms with van der Waals surface area (Å²) in [6.45, 7) is 4.70. The minimum atomic E-state index is -0.0632. The minimum absolute atomic E-state index is 0.0632. The number of rotatable bonds is 6. The maximum absolute atomic E-state index is 2.44. The van der Waals surface area contributed by atoms with E-state index in [1.54, 1.807) is 0 Å². The van der Waals surface area contributed by atoms with Crippen LogP contribution in [0.1, 0.15) is 42.7 Å². The molecule has 0 saturated carbocycles. The highest BCUT2D eigenvalue weighted by atomic mass is 15.1. The fourth-order valence-electron chi connectivity index (χ4n) is 8.79. The molecule has 2 nitrogen and oxygen atoms in total. The van der Waals surface area contributed by atoms with Gasteiger partial charge in [-0.1, -0.05) is 129 Å². The molecule has 1 heterocycles. The van der Waals surface area contributed by atoms with E-state index in [0.29, 0.717) is 0 Å². The van der Waals surface area contributed by atoms with Crippen LogP contribution >= 0.6 is 0 Å². The lowest BCUT2D eigenvalue weighted by Gasteiger charge is -2.28. The number of benzene rings is 7. The summed E-state index contributed by atoms with van der Waals surface area (Å²) < 4.78 is 2.44. The number of fused-ring (bicyclic) bond motifs is 6. The highest BCUT2D eigenvalue weighted by Crippen LogP contribution is 2.50. The second-order valence-corrected chi connectivity index (χ2v) is 14.9. The van der Waals surface area contributed by atoms with Crippen molar-refractivity contribution >= 4 is 34.0 Å². The summed E-state index contributed by atoms with van der Waals surface area (Å²) >= 11 is 0. The van der Waals surface area contributed by atoms with Crippen molar-refractivity contribution in [2.45, 2.75) is 32.1 Å². The van der Waals surface area contributed by atoms with Crippen molar-refractivity contribution in [2.75, 3.05) is 4.90 Å². The third-order valence-corrected chi connectivity index (χ3v) is 11.5. The zero-order valence-corrected chi connectivity index (χ0v) is 30.1. The zero-order chi connectivity index (χ0) is 35.5. The van der Waals surface area contributed by atoms with Crippen molar-refractivity contribution in [3.8, 4) is 39.1 Å². The first-order valence-corrected chi connectivity index (χ1v) is 18.7. The Morgan fingerprint density at radius 2 is 1.11 bits per heavy atom. The molecule has 2 heteroatoms. The molecule has 10 rings (SSSR count). The molecule has 53 heavy (non-hydrogen) atoms. The Morgan fingerprint density at radius 3 is 1.91 bits per heavy atom. The molecule has 2 aliphatic carbocycles. The topological polar surface area (TPSA) is 8.17 Å². The van der Waals surface area contributed by atoms with Gasteiger partial charge in [-0.25, -0.2) is 0 Å². The van der Waals surface area contributed by atoms with E-state index in [-0.39, 0.29) is 5.41 Å². The van der Waals surface area contributed by atoms with Gasteiger partial charge in [-0.15, -0.1) is 0 Å². The summed E-state index contributed by atoms with van der Waals surface area (Å²) in [7, 11) is 0. The highest BCUT2D eigenvalue weighted by Gasteiger charge is 2.35. The summed E-state index contributed by atoms with van der Waals surface area (Å²) in [4.78, 5) is 2.39. The SMILES string of the molecule is CC1(C)c2ccccc2-c2ccc(N(c3ccccc3)c3ccc(-c4ccc5c(c4)c4c(n5-c5ccc(-c6ccccc6)cc5)C=CCC4)cc3)cc21. The van der Waals surface area contributed by atoms with E-state index < -0.39 is 0 Å². The number of aryl methyl sites for hydroxylation is 1. The molecule has 7 aromatic carbocycles. The summed E-state index contributed by atoms with van der Waals surface area (Å²) in [6, 6.07) is 62.3. The molecule has 0 unspecified atom stereocenters. The molecule has 0 saturated heterocycles. The Hall–Kier alpha value is -6.38. The van der Waals surface area contributed by atoms with Gasteiger partial charge in [0.2, 0.25) is 0 Å². The van der Waals surface area contributed by atoms with Crippen molar-refractivity contribution in [1.82, 2.24) is 4.57 Å². The zero-order valence-electron chi connectivity index (χ0n) is 30.1. The van der Waals surface area contributed by atoms with Crippen LogP contribution in [0.25, 0.3) is 56.0 Å². The van der Waals surface area contributed by atoms with Crippen LogP contribution in [0.3, 0.4) is 0 Å². The summed E-state index contributed by atoms with van der Waals surface area (Å²) in [5.74, 6) is 0. The van der Waals surface area contributed by atoms with Gasteiger partial charge in [0.25, 0.3) is 0 Å². The Morgan fingerprint density at radius 1 is 0.509 bits per heavy atom.